The lowest BCUT2D eigenvalue weighted by Crippen LogP contribution is -2.53. The van der Waals surface area contributed by atoms with E-state index in [9.17, 15) is 4.39 Å². The number of anilines is 1. The van der Waals surface area contributed by atoms with Crippen molar-refractivity contribution in [3.05, 3.63) is 29.1 Å². The normalized spacial score (nSPS) is 20.4. The van der Waals surface area contributed by atoms with Crippen molar-refractivity contribution in [2.45, 2.75) is 39.3 Å². The van der Waals surface area contributed by atoms with Crippen LogP contribution < -0.4 is 10.6 Å². The summed E-state index contributed by atoms with van der Waals surface area (Å²) in [6, 6.07) is 3.28. The van der Waals surface area contributed by atoms with E-state index in [-0.39, 0.29) is 17.4 Å². The third-order valence-corrected chi connectivity index (χ3v) is 3.73. The fourth-order valence-corrected chi connectivity index (χ4v) is 2.59. The van der Waals surface area contributed by atoms with Crippen LogP contribution in [0, 0.1) is 12.7 Å². The minimum atomic E-state index is -0.192. The minimum Gasteiger partial charge on any atom is -0.377 e. The van der Waals surface area contributed by atoms with Gasteiger partial charge in [-0.25, -0.2) is 4.39 Å². The molecule has 1 saturated heterocycles. The van der Waals surface area contributed by atoms with Gasteiger partial charge in [0.25, 0.3) is 0 Å². The Labute approximate surface area is 114 Å². The van der Waals surface area contributed by atoms with E-state index in [4.69, 9.17) is 10.5 Å². The molecule has 4 heteroatoms. The Morgan fingerprint density at radius 2 is 2.11 bits per heavy atom. The summed E-state index contributed by atoms with van der Waals surface area (Å²) >= 11 is 0. The Hall–Kier alpha value is -1.13. The van der Waals surface area contributed by atoms with E-state index in [1.165, 1.54) is 0 Å². The van der Waals surface area contributed by atoms with Crippen molar-refractivity contribution in [2.24, 2.45) is 5.73 Å². The second kappa shape index (κ2) is 5.10. The van der Waals surface area contributed by atoms with Gasteiger partial charge in [0.15, 0.2) is 0 Å². The SMILES string of the molecule is Cc1cc(N2CCOCC2(C)C)c([C@@H](C)N)cc1F. The maximum absolute atomic E-state index is 13.8. The summed E-state index contributed by atoms with van der Waals surface area (Å²) in [7, 11) is 0. The molecule has 2 rings (SSSR count). The van der Waals surface area contributed by atoms with Crippen molar-refractivity contribution in [3.8, 4) is 0 Å². The summed E-state index contributed by atoms with van der Waals surface area (Å²) in [5.41, 5.74) is 8.44. The van der Waals surface area contributed by atoms with Gasteiger partial charge in [-0.1, -0.05) is 0 Å². The van der Waals surface area contributed by atoms with E-state index in [1.54, 1.807) is 13.0 Å². The molecule has 1 aliphatic heterocycles. The van der Waals surface area contributed by atoms with Crippen molar-refractivity contribution < 1.29 is 9.13 Å². The van der Waals surface area contributed by atoms with Crippen LogP contribution in [0.5, 0.6) is 0 Å². The first-order valence-corrected chi connectivity index (χ1v) is 6.74. The molecule has 0 radical (unpaired) electrons. The Kier molecular flexibility index (Phi) is 3.83. The maximum Gasteiger partial charge on any atom is 0.126 e. The van der Waals surface area contributed by atoms with Crippen LogP contribution in [0.1, 0.15) is 37.9 Å². The van der Waals surface area contributed by atoms with Gasteiger partial charge >= 0.3 is 0 Å². The molecule has 1 aromatic rings. The highest BCUT2D eigenvalue weighted by atomic mass is 19.1. The number of aryl methyl sites for hydroxylation is 1. The minimum absolute atomic E-state index is 0.105. The number of hydrogen-bond acceptors (Lipinski definition) is 3. The fraction of sp³-hybridized carbons (Fsp3) is 0.600. The summed E-state index contributed by atoms with van der Waals surface area (Å²) in [5.74, 6) is -0.192. The van der Waals surface area contributed by atoms with Gasteiger partial charge in [-0.15, -0.1) is 0 Å². The van der Waals surface area contributed by atoms with Crippen LogP contribution in [0.25, 0.3) is 0 Å². The highest BCUT2D eigenvalue weighted by Gasteiger charge is 2.32. The monoisotopic (exact) mass is 266 g/mol. The second-order valence-corrected chi connectivity index (χ2v) is 5.97. The average Bonchev–Trinajstić information content (AvgIpc) is 2.31. The molecule has 0 aliphatic carbocycles. The third-order valence-electron chi connectivity index (χ3n) is 3.73. The van der Waals surface area contributed by atoms with Crippen LogP contribution in [0.15, 0.2) is 12.1 Å². The van der Waals surface area contributed by atoms with E-state index >= 15 is 0 Å². The molecule has 1 aromatic carbocycles. The van der Waals surface area contributed by atoms with Gasteiger partial charge in [-0.3, -0.25) is 0 Å². The van der Waals surface area contributed by atoms with Gasteiger partial charge in [0.05, 0.1) is 18.8 Å². The highest BCUT2D eigenvalue weighted by Crippen LogP contribution is 2.34. The Bertz CT molecular complexity index is 471. The molecule has 0 amide bonds. The summed E-state index contributed by atoms with van der Waals surface area (Å²) < 4.78 is 19.3. The molecule has 1 atom stereocenters. The summed E-state index contributed by atoms with van der Waals surface area (Å²) in [5, 5.41) is 0. The van der Waals surface area contributed by atoms with E-state index in [0.29, 0.717) is 18.8 Å². The molecular formula is C15H23FN2O. The smallest absolute Gasteiger partial charge is 0.126 e. The van der Waals surface area contributed by atoms with Crippen LogP contribution in [0.3, 0.4) is 0 Å². The molecule has 0 aromatic heterocycles. The Balaban J connectivity index is 2.51. The molecule has 0 unspecified atom stereocenters. The zero-order valence-corrected chi connectivity index (χ0v) is 12.2. The predicted molar refractivity (Wildman–Crippen MR) is 76.0 cm³/mol. The van der Waals surface area contributed by atoms with Gasteiger partial charge in [-0.2, -0.15) is 0 Å². The van der Waals surface area contributed by atoms with E-state index in [1.807, 2.05) is 13.0 Å². The zero-order chi connectivity index (χ0) is 14.2. The highest BCUT2D eigenvalue weighted by molar-refractivity contribution is 5.59. The van der Waals surface area contributed by atoms with E-state index in [0.717, 1.165) is 17.8 Å². The first-order chi connectivity index (χ1) is 8.83. The lowest BCUT2D eigenvalue weighted by atomic mass is 9.96. The van der Waals surface area contributed by atoms with Crippen LogP contribution in [-0.4, -0.2) is 25.3 Å². The summed E-state index contributed by atoms with van der Waals surface area (Å²) in [6.45, 7) is 10.1. The lowest BCUT2D eigenvalue weighted by Gasteiger charge is -2.45. The van der Waals surface area contributed by atoms with Crippen LogP contribution in [0.4, 0.5) is 10.1 Å². The summed E-state index contributed by atoms with van der Waals surface area (Å²) in [6.07, 6.45) is 0. The zero-order valence-electron chi connectivity index (χ0n) is 12.2. The molecule has 3 nitrogen and oxygen atoms in total. The van der Waals surface area contributed by atoms with Crippen LogP contribution >= 0.6 is 0 Å². The number of nitrogens with two attached hydrogens (primary N) is 1. The quantitative estimate of drug-likeness (QED) is 0.894. The number of benzene rings is 1. The number of morpholine rings is 1. The topological polar surface area (TPSA) is 38.5 Å². The number of nitrogens with zero attached hydrogens (tertiary/aromatic N) is 1. The van der Waals surface area contributed by atoms with Gasteiger partial charge in [-0.05, 0) is 51.0 Å². The predicted octanol–water partition coefficient (Wildman–Crippen LogP) is 2.77. The standard InChI is InChI=1S/C15H23FN2O/c1-10-7-14(12(11(2)17)8-13(10)16)18-5-6-19-9-15(18,3)4/h7-8,11H,5-6,9,17H2,1-4H3/t11-/m1/s1. The molecular weight excluding hydrogens is 243 g/mol. The van der Waals surface area contributed by atoms with Crippen molar-refractivity contribution in [3.63, 3.8) is 0 Å². The number of hydrogen-bond donors (Lipinski definition) is 1. The van der Waals surface area contributed by atoms with Crippen molar-refractivity contribution in [1.82, 2.24) is 0 Å². The fourth-order valence-electron chi connectivity index (χ4n) is 2.59. The largest absolute Gasteiger partial charge is 0.377 e. The first kappa shape index (κ1) is 14.3. The van der Waals surface area contributed by atoms with Crippen molar-refractivity contribution >= 4 is 5.69 Å². The molecule has 1 aliphatic rings. The van der Waals surface area contributed by atoms with Crippen LogP contribution in [0.2, 0.25) is 0 Å². The molecule has 2 N–H and O–H groups in total. The Morgan fingerprint density at radius 1 is 1.42 bits per heavy atom. The van der Waals surface area contributed by atoms with Gasteiger partial charge in [0.2, 0.25) is 0 Å². The van der Waals surface area contributed by atoms with E-state index < -0.39 is 0 Å². The molecule has 1 fully saturated rings. The maximum atomic E-state index is 13.8. The van der Waals surface area contributed by atoms with Gasteiger partial charge < -0.3 is 15.4 Å². The Morgan fingerprint density at radius 3 is 2.68 bits per heavy atom. The lowest BCUT2D eigenvalue weighted by molar-refractivity contribution is 0.0642. The second-order valence-electron chi connectivity index (χ2n) is 5.97. The van der Waals surface area contributed by atoms with Gasteiger partial charge in [0, 0.05) is 18.3 Å². The molecule has 19 heavy (non-hydrogen) atoms. The number of rotatable bonds is 2. The van der Waals surface area contributed by atoms with Gasteiger partial charge in [0.1, 0.15) is 5.82 Å². The molecule has 1 heterocycles. The molecule has 0 bridgehead atoms. The molecule has 0 saturated carbocycles. The summed E-state index contributed by atoms with van der Waals surface area (Å²) in [4.78, 5) is 2.28. The molecule has 106 valence electrons. The first-order valence-electron chi connectivity index (χ1n) is 6.74. The number of ether oxygens (including phenoxy) is 1. The number of halogens is 1. The van der Waals surface area contributed by atoms with Crippen LogP contribution in [-0.2, 0) is 4.74 Å². The van der Waals surface area contributed by atoms with Crippen molar-refractivity contribution in [2.75, 3.05) is 24.7 Å². The third kappa shape index (κ3) is 2.74. The van der Waals surface area contributed by atoms with Crippen molar-refractivity contribution in [1.29, 1.82) is 0 Å². The molecule has 0 spiro atoms. The average molecular weight is 266 g/mol. The van der Waals surface area contributed by atoms with E-state index in [2.05, 4.69) is 18.7 Å².